The molecular formula is C35H47N3O9S2. The van der Waals surface area contributed by atoms with Crippen molar-refractivity contribution in [3.8, 4) is 11.5 Å². The molecule has 49 heavy (non-hydrogen) atoms. The molecule has 14 heteroatoms. The van der Waals surface area contributed by atoms with E-state index in [1.807, 2.05) is 13.8 Å². The van der Waals surface area contributed by atoms with E-state index in [0.717, 1.165) is 6.42 Å². The predicted molar refractivity (Wildman–Crippen MR) is 187 cm³/mol. The Morgan fingerprint density at radius 2 is 1.69 bits per heavy atom. The number of sulfonamides is 2. The maximum Gasteiger partial charge on any atom is 0.261 e. The second-order valence-electron chi connectivity index (χ2n) is 12.4. The first-order valence-corrected chi connectivity index (χ1v) is 19.2. The summed E-state index contributed by atoms with van der Waals surface area (Å²) in [7, 11) is -4.82. The lowest BCUT2D eigenvalue weighted by atomic mass is 10.0. The Morgan fingerprint density at radius 3 is 2.35 bits per heavy atom. The Hall–Kier alpha value is -3.69. The van der Waals surface area contributed by atoms with Crippen LogP contribution in [-0.4, -0.2) is 95.8 Å². The lowest BCUT2D eigenvalue weighted by Crippen LogP contribution is -2.48. The number of hydrogen-bond donors (Lipinski definition) is 2. The minimum absolute atomic E-state index is 0.0204. The molecule has 0 spiro atoms. The number of anilines is 1. The molecular weight excluding hydrogens is 671 g/mol. The molecule has 0 bridgehead atoms. The van der Waals surface area contributed by atoms with Gasteiger partial charge in [0, 0.05) is 38.3 Å². The van der Waals surface area contributed by atoms with Gasteiger partial charge in [-0.1, -0.05) is 25.1 Å². The molecule has 0 aromatic heterocycles. The van der Waals surface area contributed by atoms with Gasteiger partial charge in [0.1, 0.15) is 11.5 Å². The molecule has 1 aliphatic heterocycles. The van der Waals surface area contributed by atoms with Crippen molar-refractivity contribution in [3.05, 3.63) is 78.4 Å². The Morgan fingerprint density at radius 1 is 1.00 bits per heavy atom. The van der Waals surface area contributed by atoms with Crippen LogP contribution in [0.2, 0.25) is 0 Å². The van der Waals surface area contributed by atoms with Crippen LogP contribution >= 0.6 is 0 Å². The highest BCUT2D eigenvalue weighted by Crippen LogP contribution is 2.30. The van der Waals surface area contributed by atoms with Crippen LogP contribution in [0.1, 0.15) is 50.4 Å². The molecule has 3 aromatic carbocycles. The smallest absolute Gasteiger partial charge is 0.261 e. The van der Waals surface area contributed by atoms with E-state index >= 15 is 0 Å². The molecule has 0 saturated carbocycles. The fourth-order valence-electron chi connectivity index (χ4n) is 5.54. The maximum atomic E-state index is 14.4. The Labute approximate surface area is 290 Å². The van der Waals surface area contributed by atoms with Gasteiger partial charge >= 0.3 is 0 Å². The van der Waals surface area contributed by atoms with Gasteiger partial charge in [-0.15, -0.1) is 0 Å². The average molecular weight is 718 g/mol. The number of nitrogens with zero attached hydrogens (tertiary/aromatic N) is 2. The molecule has 12 nitrogen and oxygen atoms in total. The minimum atomic E-state index is -3.95. The van der Waals surface area contributed by atoms with E-state index in [2.05, 4.69) is 4.72 Å². The van der Waals surface area contributed by atoms with Crippen LogP contribution in [0.25, 0.3) is 0 Å². The summed E-state index contributed by atoms with van der Waals surface area (Å²) < 4.78 is 74.8. The third kappa shape index (κ3) is 9.73. The normalized spacial score (nSPS) is 20.5. The Bertz CT molecular complexity index is 1750. The third-order valence-electron chi connectivity index (χ3n) is 8.56. The number of amides is 1. The van der Waals surface area contributed by atoms with Crippen molar-refractivity contribution in [2.75, 3.05) is 45.2 Å². The number of carbonyl (C=O) groups is 1. The number of carbonyl (C=O) groups excluding carboxylic acids is 1. The van der Waals surface area contributed by atoms with Crippen LogP contribution in [0.3, 0.4) is 0 Å². The van der Waals surface area contributed by atoms with Crippen molar-refractivity contribution in [3.63, 3.8) is 0 Å². The standard InChI is InChI=1S/C35H47N3O9S2/c1-25-22-38(26(2)24-39)35(40)32-21-28(36-48(41,42)30-12-7-6-8-13-30)14-19-33(32)47-27(3)11-9-10-20-46-34(25)23-37(4)49(43,44)31-17-15-29(45-5)16-18-31/h6-8,12-19,21,25-27,34,36,39H,9-11,20,22-24H2,1-5H3/t25-,26-,27-,34+/m1/s1. The van der Waals surface area contributed by atoms with E-state index in [9.17, 15) is 26.7 Å². The zero-order chi connectivity index (χ0) is 35.8. The van der Waals surface area contributed by atoms with E-state index in [-0.39, 0.29) is 58.5 Å². The van der Waals surface area contributed by atoms with Crippen LogP contribution < -0.4 is 14.2 Å². The van der Waals surface area contributed by atoms with Crippen molar-refractivity contribution in [1.82, 2.24) is 9.21 Å². The molecule has 3 aromatic rings. The maximum absolute atomic E-state index is 14.4. The molecule has 0 aliphatic carbocycles. The monoisotopic (exact) mass is 717 g/mol. The van der Waals surface area contributed by atoms with E-state index in [0.29, 0.717) is 25.2 Å². The first kappa shape index (κ1) is 38.1. The van der Waals surface area contributed by atoms with Crippen molar-refractivity contribution < 1.29 is 40.9 Å². The lowest BCUT2D eigenvalue weighted by Gasteiger charge is -2.35. The van der Waals surface area contributed by atoms with Crippen molar-refractivity contribution in [1.29, 1.82) is 0 Å². The highest BCUT2D eigenvalue weighted by atomic mass is 32.2. The number of rotatable bonds is 10. The Kier molecular flexibility index (Phi) is 13.1. The minimum Gasteiger partial charge on any atom is -0.497 e. The molecule has 268 valence electrons. The zero-order valence-corrected chi connectivity index (χ0v) is 30.2. The van der Waals surface area contributed by atoms with Gasteiger partial charge in [-0.3, -0.25) is 9.52 Å². The van der Waals surface area contributed by atoms with Crippen molar-refractivity contribution >= 4 is 31.6 Å². The van der Waals surface area contributed by atoms with Gasteiger partial charge in [0.25, 0.3) is 15.9 Å². The van der Waals surface area contributed by atoms with Gasteiger partial charge in [-0.05, 0) is 87.7 Å². The summed E-state index contributed by atoms with van der Waals surface area (Å²) in [4.78, 5) is 16.0. The van der Waals surface area contributed by atoms with Crippen molar-refractivity contribution in [2.45, 2.75) is 68.1 Å². The van der Waals surface area contributed by atoms with E-state index in [1.54, 1.807) is 49.4 Å². The number of fused-ring (bicyclic) bond motifs is 1. The topological polar surface area (TPSA) is 152 Å². The van der Waals surface area contributed by atoms with Gasteiger partial charge in [0.2, 0.25) is 10.0 Å². The number of hydrogen-bond acceptors (Lipinski definition) is 9. The molecule has 0 unspecified atom stereocenters. The summed E-state index contributed by atoms with van der Waals surface area (Å²) in [6, 6.07) is 18.0. The second-order valence-corrected chi connectivity index (χ2v) is 16.1. The molecule has 1 heterocycles. The van der Waals surface area contributed by atoms with Gasteiger partial charge in [-0.2, -0.15) is 4.31 Å². The fourth-order valence-corrected chi connectivity index (χ4v) is 7.80. The van der Waals surface area contributed by atoms with Crippen molar-refractivity contribution in [2.24, 2.45) is 5.92 Å². The lowest BCUT2D eigenvalue weighted by molar-refractivity contribution is -0.00833. The van der Waals surface area contributed by atoms with E-state index < -0.39 is 38.1 Å². The number of benzene rings is 3. The first-order valence-electron chi connectivity index (χ1n) is 16.3. The zero-order valence-electron chi connectivity index (χ0n) is 28.6. The molecule has 0 radical (unpaired) electrons. The number of aliphatic hydroxyl groups is 1. The van der Waals surface area contributed by atoms with Crippen LogP contribution in [0.4, 0.5) is 5.69 Å². The third-order valence-corrected chi connectivity index (χ3v) is 11.8. The Balaban J connectivity index is 1.66. The van der Waals surface area contributed by atoms with E-state index in [1.165, 1.54) is 53.7 Å². The summed E-state index contributed by atoms with van der Waals surface area (Å²) >= 11 is 0. The van der Waals surface area contributed by atoms with Crippen LogP contribution in [0, 0.1) is 5.92 Å². The highest BCUT2D eigenvalue weighted by molar-refractivity contribution is 7.92. The van der Waals surface area contributed by atoms with Gasteiger partial charge in [0.15, 0.2) is 0 Å². The largest absolute Gasteiger partial charge is 0.497 e. The number of methoxy groups -OCH3 is 1. The highest BCUT2D eigenvalue weighted by Gasteiger charge is 2.32. The second kappa shape index (κ2) is 16.8. The quantitative estimate of drug-likeness (QED) is 0.306. The number of nitrogens with one attached hydrogen (secondary N) is 1. The van der Waals surface area contributed by atoms with Gasteiger partial charge in [0.05, 0.1) is 47.3 Å². The molecule has 1 aliphatic rings. The number of likely N-dealkylation sites (N-methyl/N-ethyl adjacent to an activating group) is 1. The molecule has 0 saturated heterocycles. The summed E-state index contributed by atoms with van der Waals surface area (Å²) in [5, 5.41) is 10.2. The molecule has 4 rings (SSSR count). The molecule has 2 N–H and O–H groups in total. The number of aliphatic hydroxyl groups excluding tert-OH is 1. The summed E-state index contributed by atoms with van der Waals surface area (Å²) in [6.07, 6.45) is 1.24. The van der Waals surface area contributed by atoms with Gasteiger partial charge in [-0.25, -0.2) is 16.8 Å². The van der Waals surface area contributed by atoms with Crippen LogP contribution in [0.15, 0.2) is 82.6 Å². The van der Waals surface area contributed by atoms with Crippen LogP contribution in [0.5, 0.6) is 11.5 Å². The summed E-state index contributed by atoms with van der Waals surface area (Å²) in [5.74, 6) is -0.0312. The van der Waals surface area contributed by atoms with Gasteiger partial charge < -0.3 is 24.2 Å². The summed E-state index contributed by atoms with van der Waals surface area (Å²) in [5.41, 5.74) is 0.297. The first-order chi connectivity index (χ1) is 23.3. The molecule has 4 atom stereocenters. The van der Waals surface area contributed by atoms with E-state index in [4.69, 9.17) is 14.2 Å². The molecule has 0 fully saturated rings. The molecule has 1 amide bonds. The predicted octanol–water partition coefficient (Wildman–Crippen LogP) is 4.61. The fraction of sp³-hybridized carbons (Fsp3) is 0.457. The number of ether oxygens (including phenoxy) is 3. The SMILES string of the molecule is COc1ccc(S(=O)(=O)N(C)C[C@@H]2OCCCC[C@@H](C)Oc3ccc(NS(=O)(=O)c4ccccc4)cc3C(=O)N([C@H](C)CO)C[C@H]2C)cc1. The average Bonchev–Trinajstić information content (AvgIpc) is 3.09. The van der Waals surface area contributed by atoms with Crippen LogP contribution in [-0.2, 0) is 24.8 Å². The summed E-state index contributed by atoms with van der Waals surface area (Å²) in [6.45, 7) is 5.63.